The van der Waals surface area contributed by atoms with Gasteiger partial charge < -0.3 is 10.2 Å². The third kappa shape index (κ3) is 5.90. The van der Waals surface area contributed by atoms with E-state index in [0.29, 0.717) is 16.3 Å². The highest BCUT2D eigenvalue weighted by Gasteiger charge is 2.27. The molecule has 4 aromatic rings. The van der Waals surface area contributed by atoms with Crippen LogP contribution in [0.1, 0.15) is 41.5 Å². The van der Waals surface area contributed by atoms with Gasteiger partial charge in [0.2, 0.25) is 0 Å². The Morgan fingerprint density at radius 1 is 0.946 bits per heavy atom. The van der Waals surface area contributed by atoms with Crippen molar-refractivity contribution in [3.05, 3.63) is 106 Å². The number of H-pyrrole nitrogens is 1. The van der Waals surface area contributed by atoms with Crippen LogP contribution in [0.5, 0.6) is 0 Å². The van der Waals surface area contributed by atoms with Gasteiger partial charge in [-0.2, -0.15) is 10.2 Å². The Kier molecular flexibility index (Phi) is 8.05. The van der Waals surface area contributed by atoms with Crippen LogP contribution < -0.4 is 21.2 Å². The van der Waals surface area contributed by atoms with E-state index in [-0.39, 0.29) is 11.3 Å². The molecule has 9 heteroatoms. The highest BCUT2D eigenvalue weighted by Crippen LogP contribution is 2.20. The smallest absolute Gasteiger partial charge is 0.272 e. The molecule has 0 saturated carbocycles. The average molecular weight is 497 g/mol. The first kappa shape index (κ1) is 25.3. The van der Waals surface area contributed by atoms with Crippen LogP contribution in [0.25, 0.3) is 10.8 Å². The second-order valence-electron chi connectivity index (χ2n) is 8.25. The second-order valence-corrected chi connectivity index (χ2v) is 8.25. The lowest BCUT2D eigenvalue weighted by Gasteiger charge is -2.20. The van der Waals surface area contributed by atoms with Crippen molar-refractivity contribution in [1.29, 1.82) is 0 Å². The summed E-state index contributed by atoms with van der Waals surface area (Å²) >= 11 is 0. The molecule has 1 atom stereocenters. The third-order valence-corrected chi connectivity index (χ3v) is 5.98. The lowest BCUT2D eigenvalue weighted by atomic mass is 10.0. The van der Waals surface area contributed by atoms with Gasteiger partial charge in [0.05, 0.1) is 11.6 Å². The highest BCUT2D eigenvalue weighted by atomic mass is 16.2. The van der Waals surface area contributed by atoms with Crippen LogP contribution in [-0.2, 0) is 4.79 Å². The summed E-state index contributed by atoms with van der Waals surface area (Å²) in [6, 6.07) is 21.9. The van der Waals surface area contributed by atoms with Crippen LogP contribution in [0.3, 0.4) is 0 Å². The van der Waals surface area contributed by atoms with Gasteiger partial charge in [0.15, 0.2) is 6.04 Å². The molecule has 0 spiro atoms. The molecule has 0 aliphatic heterocycles. The quantitative estimate of drug-likeness (QED) is 0.242. The molecular weight excluding hydrogens is 468 g/mol. The molecular formula is C28H28N6O3. The molecule has 0 fully saturated rings. The van der Waals surface area contributed by atoms with Crippen molar-refractivity contribution in [1.82, 2.24) is 20.9 Å². The molecule has 0 aliphatic rings. The molecule has 0 saturated heterocycles. The monoisotopic (exact) mass is 496 g/mol. The van der Waals surface area contributed by atoms with Crippen LogP contribution in [0.4, 0.5) is 5.69 Å². The third-order valence-electron chi connectivity index (χ3n) is 5.98. The molecule has 0 radical (unpaired) electrons. The number of carbonyl (C=O) groups excluding carboxylic acids is 2. The number of aromatic nitrogens is 2. The standard InChI is InChI=1S/C28H28N6O3/c1-3-34(4-2)21-16-14-19(15-17-21)18-29-32-28(37)25(30-26(35)20-10-6-5-7-11-20)24-22-12-8-9-13-23(22)27(36)33-31-24/h5-18,25H,3-4H2,1-2H3,(H,30,35)(H,32,37)(H,33,36)/b29-18-/t25-/m0/s1. The Labute approximate surface area is 214 Å². The number of rotatable bonds is 9. The first-order chi connectivity index (χ1) is 18.0. The van der Waals surface area contributed by atoms with Gasteiger partial charge in [-0.3, -0.25) is 14.4 Å². The summed E-state index contributed by atoms with van der Waals surface area (Å²) in [5, 5.41) is 14.2. The topological polar surface area (TPSA) is 120 Å². The largest absolute Gasteiger partial charge is 0.372 e. The summed E-state index contributed by atoms with van der Waals surface area (Å²) in [7, 11) is 0. The van der Waals surface area contributed by atoms with Crippen molar-refractivity contribution in [3.8, 4) is 0 Å². The molecule has 3 aromatic carbocycles. The predicted octanol–water partition coefficient (Wildman–Crippen LogP) is 3.39. The first-order valence-corrected chi connectivity index (χ1v) is 12.0. The van der Waals surface area contributed by atoms with Crippen molar-refractivity contribution < 1.29 is 9.59 Å². The van der Waals surface area contributed by atoms with Gasteiger partial charge in [-0.15, -0.1) is 0 Å². The van der Waals surface area contributed by atoms with E-state index in [4.69, 9.17) is 0 Å². The minimum atomic E-state index is -1.21. The Morgan fingerprint density at radius 2 is 1.59 bits per heavy atom. The SMILES string of the molecule is CCN(CC)c1ccc(/C=N\NC(=O)[C@@H](NC(=O)c2ccccc2)c2n[nH]c(=O)c3ccccc23)cc1. The summed E-state index contributed by atoms with van der Waals surface area (Å²) in [6.07, 6.45) is 1.53. The van der Waals surface area contributed by atoms with Crippen molar-refractivity contribution in [3.63, 3.8) is 0 Å². The van der Waals surface area contributed by atoms with E-state index in [1.807, 2.05) is 24.3 Å². The van der Waals surface area contributed by atoms with Crippen LogP contribution in [0.15, 0.2) is 88.8 Å². The molecule has 0 aliphatic carbocycles. The molecule has 2 amide bonds. The number of fused-ring (bicyclic) bond motifs is 1. The first-order valence-electron chi connectivity index (χ1n) is 12.0. The van der Waals surface area contributed by atoms with E-state index >= 15 is 0 Å². The molecule has 37 heavy (non-hydrogen) atoms. The van der Waals surface area contributed by atoms with Crippen molar-refractivity contribution >= 4 is 34.5 Å². The second kappa shape index (κ2) is 11.8. The van der Waals surface area contributed by atoms with E-state index in [2.05, 4.69) is 44.8 Å². The van der Waals surface area contributed by atoms with Crippen molar-refractivity contribution in [2.24, 2.45) is 5.10 Å². The maximum Gasteiger partial charge on any atom is 0.272 e. The number of hydrogen-bond acceptors (Lipinski definition) is 6. The molecule has 3 N–H and O–H groups in total. The molecule has 1 heterocycles. The molecule has 188 valence electrons. The molecule has 9 nitrogen and oxygen atoms in total. The van der Waals surface area contributed by atoms with Gasteiger partial charge in [0.25, 0.3) is 17.4 Å². The summed E-state index contributed by atoms with van der Waals surface area (Å²) in [5.74, 6) is -1.07. The molecule has 1 aromatic heterocycles. The average Bonchev–Trinajstić information content (AvgIpc) is 2.94. The minimum absolute atomic E-state index is 0.204. The number of benzene rings is 3. The zero-order valence-electron chi connectivity index (χ0n) is 20.6. The zero-order chi connectivity index (χ0) is 26.2. The number of nitrogens with zero attached hydrogens (tertiary/aromatic N) is 3. The van der Waals surface area contributed by atoms with Gasteiger partial charge in [-0.1, -0.05) is 48.5 Å². The maximum absolute atomic E-state index is 13.3. The number of carbonyl (C=O) groups is 2. The number of anilines is 1. The van der Waals surface area contributed by atoms with Gasteiger partial charge in [0.1, 0.15) is 5.69 Å². The number of hydrogen-bond donors (Lipinski definition) is 3. The fourth-order valence-corrected chi connectivity index (χ4v) is 4.01. The molecule has 4 rings (SSSR count). The van der Waals surface area contributed by atoms with E-state index in [0.717, 1.165) is 24.3 Å². The zero-order valence-corrected chi connectivity index (χ0v) is 20.6. The fraction of sp³-hybridized carbons (Fsp3) is 0.179. The molecule has 0 unspecified atom stereocenters. The summed E-state index contributed by atoms with van der Waals surface area (Å²) in [5.41, 5.74) is 4.60. The van der Waals surface area contributed by atoms with Crippen molar-refractivity contribution in [2.75, 3.05) is 18.0 Å². The van der Waals surface area contributed by atoms with Gasteiger partial charge in [0, 0.05) is 29.7 Å². The van der Waals surface area contributed by atoms with Crippen LogP contribution >= 0.6 is 0 Å². The van der Waals surface area contributed by atoms with Crippen molar-refractivity contribution in [2.45, 2.75) is 19.9 Å². The summed E-state index contributed by atoms with van der Waals surface area (Å²) in [6.45, 7) is 6.01. The lowest BCUT2D eigenvalue weighted by molar-refractivity contribution is -0.123. The number of nitrogens with one attached hydrogen (secondary N) is 3. The Bertz CT molecular complexity index is 1460. The number of aromatic amines is 1. The summed E-state index contributed by atoms with van der Waals surface area (Å²) < 4.78 is 0. The van der Waals surface area contributed by atoms with Crippen LogP contribution in [0, 0.1) is 0 Å². The van der Waals surface area contributed by atoms with Gasteiger partial charge in [-0.05, 0) is 49.7 Å². The van der Waals surface area contributed by atoms with E-state index in [9.17, 15) is 14.4 Å². The van der Waals surface area contributed by atoms with E-state index in [1.165, 1.54) is 6.21 Å². The van der Waals surface area contributed by atoms with Gasteiger partial charge >= 0.3 is 0 Å². The summed E-state index contributed by atoms with van der Waals surface area (Å²) in [4.78, 5) is 40.7. The normalized spacial score (nSPS) is 11.8. The Balaban J connectivity index is 1.59. The maximum atomic E-state index is 13.3. The molecule has 0 bridgehead atoms. The van der Waals surface area contributed by atoms with E-state index in [1.54, 1.807) is 54.6 Å². The van der Waals surface area contributed by atoms with Crippen LogP contribution in [-0.4, -0.2) is 41.3 Å². The Hall–Kier alpha value is -4.79. The fourth-order valence-electron chi connectivity index (χ4n) is 4.01. The number of amides is 2. The minimum Gasteiger partial charge on any atom is -0.372 e. The predicted molar refractivity (Wildman–Crippen MR) is 145 cm³/mol. The van der Waals surface area contributed by atoms with Crippen LogP contribution in [0.2, 0.25) is 0 Å². The Morgan fingerprint density at radius 3 is 2.27 bits per heavy atom. The van der Waals surface area contributed by atoms with Gasteiger partial charge in [-0.25, -0.2) is 10.5 Å². The lowest BCUT2D eigenvalue weighted by Crippen LogP contribution is -2.40. The highest BCUT2D eigenvalue weighted by molar-refractivity contribution is 5.99. The number of hydrazone groups is 1. The van der Waals surface area contributed by atoms with E-state index < -0.39 is 17.9 Å².